The van der Waals surface area contributed by atoms with Crippen molar-refractivity contribution in [2.24, 2.45) is 11.7 Å². The summed E-state index contributed by atoms with van der Waals surface area (Å²) in [4.78, 5) is 26.4. The first kappa shape index (κ1) is 15.5. The van der Waals surface area contributed by atoms with Gasteiger partial charge in [0.1, 0.15) is 0 Å². The van der Waals surface area contributed by atoms with Gasteiger partial charge in [-0.25, -0.2) is 0 Å². The number of likely N-dealkylation sites (tertiary alicyclic amines) is 1. The van der Waals surface area contributed by atoms with Crippen LogP contribution < -0.4 is 11.1 Å². The van der Waals surface area contributed by atoms with Gasteiger partial charge in [0, 0.05) is 31.2 Å². The summed E-state index contributed by atoms with van der Waals surface area (Å²) in [6, 6.07) is 9.18. The van der Waals surface area contributed by atoms with Crippen LogP contribution in [0.4, 0.5) is 0 Å². The molecule has 1 heterocycles. The lowest BCUT2D eigenvalue weighted by atomic mass is 9.96. The standard InChI is InChI=1S/C16H23N3O2/c1-12(10-17)18-15(20)14-8-5-9-19(11-14)16(21)13-6-3-2-4-7-13/h2-4,6-7,12,14H,5,8-11,17H2,1H3,(H,18,20)/t12-,14?/m0/s1. The number of amides is 2. The number of carbonyl (C=O) groups is 2. The van der Waals surface area contributed by atoms with Crippen LogP contribution in [0.25, 0.3) is 0 Å². The van der Waals surface area contributed by atoms with Crippen molar-refractivity contribution in [3.05, 3.63) is 35.9 Å². The van der Waals surface area contributed by atoms with Gasteiger partial charge in [0.2, 0.25) is 5.91 Å². The van der Waals surface area contributed by atoms with Crippen LogP contribution >= 0.6 is 0 Å². The zero-order valence-electron chi connectivity index (χ0n) is 12.4. The fourth-order valence-corrected chi connectivity index (χ4v) is 2.56. The molecular weight excluding hydrogens is 266 g/mol. The lowest BCUT2D eigenvalue weighted by Crippen LogP contribution is -2.48. The number of carbonyl (C=O) groups excluding carboxylic acids is 2. The maximum atomic E-state index is 12.4. The highest BCUT2D eigenvalue weighted by atomic mass is 16.2. The lowest BCUT2D eigenvalue weighted by molar-refractivity contribution is -0.126. The number of piperidine rings is 1. The number of nitrogens with one attached hydrogen (secondary N) is 1. The summed E-state index contributed by atoms with van der Waals surface area (Å²) in [7, 11) is 0. The monoisotopic (exact) mass is 289 g/mol. The first-order valence-electron chi connectivity index (χ1n) is 7.46. The summed E-state index contributed by atoms with van der Waals surface area (Å²) < 4.78 is 0. The van der Waals surface area contributed by atoms with Crippen molar-refractivity contribution in [2.75, 3.05) is 19.6 Å². The fraction of sp³-hybridized carbons (Fsp3) is 0.500. The molecule has 0 saturated carbocycles. The minimum atomic E-state index is -0.139. The summed E-state index contributed by atoms with van der Waals surface area (Å²) in [6.07, 6.45) is 1.68. The molecule has 1 unspecified atom stereocenters. The average Bonchev–Trinajstić information content (AvgIpc) is 2.55. The molecule has 0 aromatic heterocycles. The third kappa shape index (κ3) is 4.04. The Hall–Kier alpha value is -1.88. The summed E-state index contributed by atoms with van der Waals surface area (Å²) in [5, 5.41) is 2.90. The maximum absolute atomic E-state index is 12.4. The van der Waals surface area contributed by atoms with Gasteiger partial charge in [-0.15, -0.1) is 0 Å². The van der Waals surface area contributed by atoms with E-state index in [1.54, 1.807) is 4.90 Å². The predicted molar refractivity (Wildman–Crippen MR) is 81.7 cm³/mol. The molecule has 1 aliphatic rings. The van der Waals surface area contributed by atoms with E-state index in [0.717, 1.165) is 12.8 Å². The van der Waals surface area contributed by atoms with Crippen LogP contribution in [0.15, 0.2) is 30.3 Å². The molecule has 3 N–H and O–H groups in total. The first-order valence-corrected chi connectivity index (χ1v) is 7.46. The molecule has 2 rings (SSSR count). The SMILES string of the molecule is C[C@@H](CN)NC(=O)C1CCCN(C(=O)c2ccccc2)C1. The molecule has 0 aliphatic carbocycles. The number of hydrogen-bond donors (Lipinski definition) is 2. The third-order valence-electron chi connectivity index (χ3n) is 3.84. The van der Waals surface area contributed by atoms with Crippen LogP contribution in [0, 0.1) is 5.92 Å². The van der Waals surface area contributed by atoms with E-state index in [9.17, 15) is 9.59 Å². The Balaban J connectivity index is 1.97. The van der Waals surface area contributed by atoms with Crippen molar-refractivity contribution in [1.29, 1.82) is 0 Å². The Morgan fingerprint density at radius 3 is 2.76 bits per heavy atom. The molecule has 1 aromatic rings. The van der Waals surface area contributed by atoms with E-state index in [4.69, 9.17) is 5.73 Å². The summed E-state index contributed by atoms with van der Waals surface area (Å²) in [6.45, 7) is 3.50. The second-order valence-electron chi connectivity index (χ2n) is 5.60. The van der Waals surface area contributed by atoms with Gasteiger partial charge < -0.3 is 16.0 Å². The van der Waals surface area contributed by atoms with Gasteiger partial charge in [-0.05, 0) is 31.9 Å². The third-order valence-corrected chi connectivity index (χ3v) is 3.84. The fourth-order valence-electron chi connectivity index (χ4n) is 2.56. The summed E-state index contributed by atoms with van der Waals surface area (Å²) in [5.41, 5.74) is 6.20. The molecule has 21 heavy (non-hydrogen) atoms. The molecular formula is C16H23N3O2. The minimum Gasteiger partial charge on any atom is -0.352 e. The van der Waals surface area contributed by atoms with E-state index in [1.807, 2.05) is 37.3 Å². The molecule has 1 fully saturated rings. The van der Waals surface area contributed by atoms with Crippen molar-refractivity contribution in [1.82, 2.24) is 10.2 Å². The lowest BCUT2D eigenvalue weighted by Gasteiger charge is -2.32. The van der Waals surface area contributed by atoms with Crippen LogP contribution in [0.1, 0.15) is 30.1 Å². The van der Waals surface area contributed by atoms with Gasteiger partial charge in [-0.2, -0.15) is 0 Å². The van der Waals surface area contributed by atoms with Gasteiger partial charge in [-0.1, -0.05) is 18.2 Å². The molecule has 1 saturated heterocycles. The second kappa shape index (κ2) is 7.22. The number of hydrogen-bond acceptors (Lipinski definition) is 3. The van der Waals surface area contributed by atoms with Gasteiger partial charge in [0.05, 0.1) is 5.92 Å². The zero-order chi connectivity index (χ0) is 15.2. The molecule has 1 aliphatic heterocycles. The summed E-state index contributed by atoms with van der Waals surface area (Å²) in [5.74, 6) is -0.140. The minimum absolute atomic E-state index is 0.0000247. The number of rotatable bonds is 4. The van der Waals surface area contributed by atoms with Crippen molar-refractivity contribution in [3.63, 3.8) is 0 Å². The van der Waals surface area contributed by atoms with Gasteiger partial charge in [0.25, 0.3) is 5.91 Å². The molecule has 5 heteroatoms. The molecule has 1 aromatic carbocycles. The average molecular weight is 289 g/mol. The van der Waals surface area contributed by atoms with E-state index < -0.39 is 0 Å². The van der Waals surface area contributed by atoms with Crippen molar-refractivity contribution in [2.45, 2.75) is 25.8 Å². The molecule has 2 amide bonds. The van der Waals surface area contributed by atoms with Gasteiger partial charge in [0.15, 0.2) is 0 Å². The molecule has 114 valence electrons. The van der Waals surface area contributed by atoms with E-state index >= 15 is 0 Å². The largest absolute Gasteiger partial charge is 0.352 e. The topological polar surface area (TPSA) is 75.4 Å². The Morgan fingerprint density at radius 2 is 2.10 bits per heavy atom. The molecule has 0 spiro atoms. The number of nitrogens with two attached hydrogens (primary N) is 1. The first-order chi connectivity index (χ1) is 10.1. The van der Waals surface area contributed by atoms with E-state index in [2.05, 4.69) is 5.32 Å². The van der Waals surface area contributed by atoms with Crippen molar-refractivity contribution >= 4 is 11.8 Å². The highest BCUT2D eigenvalue weighted by molar-refractivity contribution is 5.94. The van der Waals surface area contributed by atoms with Crippen molar-refractivity contribution in [3.8, 4) is 0 Å². The number of benzene rings is 1. The van der Waals surface area contributed by atoms with E-state index in [-0.39, 0.29) is 23.8 Å². The Morgan fingerprint density at radius 1 is 1.38 bits per heavy atom. The van der Waals surface area contributed by atoms with Crippen LogP contribution in [0.2, 0.25) is 0 Å². The predicted octanol–water partition coefficient (Wildman–Crippen LogP) is 1.00. The van der Waals surface area contributed by atoms with Gasteiger partial charge in [-0.3, -0.25) is 9.59 Å². The highest BCUT2D eigenvalue weighted by Gasteiger charge is 2.29. The Labute approximate surface area is 125 Å². The van der Waals surface area contributed by atoms with Crippen molar-refractivity contribution < 1.29 is 9.59 Å². The van der Waals surface area contributed by atoms with E-state index in [0.29, 0.717) is 25.2 Å². The van der Waals surface area contributed by atoms with Gasteiger partial charge >= 0.3 is 0 Å². The Bertz CT molecular complexity index is 490. The molecule has 2 atom stereocenters. The number of nitrogens with zero attached hydrogens (tertiary/aromatic N) is 1. The smallest absolute Gasteiger partial charge is 0.253 e. The molecule has 5 nitrogen and oxygen atoms in total. The summed E-state index contributed by atoms with van der Waals surface area (Å²) >= 11 is 0. The van der Waals surface area contributed by atoms with Crippen LogP contribution in [-0.2, 0) is 4.79 Å². The quantitative estimate of drug-likeness (QED) is 0.868. The molecule has 0 bridgehead atoms. The highest BCUT2D eigenvalue weighted by Crippen LogP contribution is 2.19. The zero-order valence-corrected chi connectivity index (χ0v) is 12.4. The van der Waals surface area contributed by atoms with Crippen LogP contribution in [0.3, 0.4) is 0 Å². The van der Waals surface area contributed by atoms with Crippen LogP contribution in [0.5, 0.6) is 0 Å². The normalized spacial score (nSPS) is 19.9. The Kier molecular flexibility index (Phi) is 5.33. The molecule has 0 radical (unpaired) electrons. The second-order valence-corrected chi connectivity index (χ2v) is 5.60. The maximum Gasteiger partial charge on any atom is 0.253 e. The van der Waals surface area contributed by atoms with Crippen LogP contribution in [-0.4, -0.2) is 42.4 Å². The van der Waals surface area contributed by atoms with E-state index in [1.165, 1.54) is 0 Å².